The van der Waals surface area contributed by atoms with Crippen molar-refractivity contribution in [1.82, 2.24) is 19.6 Å². The van der Waals surface area contributed by atoms with Crippen LogP contribution >= 0.6 is 0 Å². The zero-order chi connectivity index (χ0) is 23.0. The first-order chi connectivity index (χ1) is 15.2. The molecule has 0 aliphatic heterocycles. The summed E-state index contributed by atoms with van der Waals surface area (Å²) < 4.78 is 46.6. The van der Waals surface area contributed by atoms with Gasteiger partial charge in [0.25, 0.3) is 0 Å². The number of fused-ring (bicyclic) bond motifs is 1. The molecule has 0 bridgehead atoms. The van der Waals surface area contributed by atoms with Crippen LogP contribution in [-0.2, 0) is 6.18 Å². The Morgan fingerprint density at radius 3 is 2.69 bits per heavy atom. The lowest BCUT2D eigenvalue weighted by Gasteiger charge is -2.18. The van der Waals surface area contributed by atoms with Crippen molar-refractivity contribution < 1.29 is 17.9 Å². The van der Waals surface area contributed by atoms with E-state index in [0.717, 1.165) is 23.3 Å². The molecule has 0 radical (unpaired) electrons. The molecular formula is C22H21F3N6O. The highest BCUT2D eigenvalue weighted by Gasteiger charge is 2.31. The fraction of sp³-hybridized carbons (Fsp3) is 0.227. The van der Waals surface area contributed by atoms with Crippen molar-refractivity contribution in [3.63, 3.8) is 0 Å². The first kappa shape index (κ1) is 21.4. The van der Waals surface area contributed by atoms with Crippen molar-refractivity contribution in [2.75, 3.05) is 18.2 Å². The van der Waals surface area contributed by atoms with Crippen LogP contribution in [0.25, 0.3) is 16.6 Å². The standard InChI is InChI=1S/C22H21F3N6O/c1-12(14-7-16(22(23,24)25)10-17(26)8-14)28-20-19-9-15(11-31(19)30-13(2)29-20)18-5-4-6-27-21(18)32-3/h4-12H,26H2,1-3H3,(H,28,29,30). The van der Waals surface area contributed by atoms with Gasteiger partial charge in [-0.15, -0.1) is 0 Å². The van der Waals surface area contributed by atoms with Gasteiger partial charge in [0.1, 0.15) is 11.3 Å². The molecule has 0 amide bonds. The fourth-order valence-corrected chi connectivity index (χ4v) is 3.51. The Hall–Kier alpha value is -3.82. The number of alkyl halides is 3. The van der Waals surface area contributed by atoms with Gasteiger partial charge in [-0.1, -0.05) is 0 Å². The third-order valence-electron chi connectivity index (χ3n) is 5.00. The maximum absolute atomic E-state index is 13.2. The second-order valence-electron chi connectivity index (χ2n) is 7.38. The highest BCUT2D eigenvalue weighted by Crippen LogP contribution is 2.34. The number of benzene rings is 1. The van der Waals surface area contributed by atoms with E-state index in [1.807, 2.05) is 18.3 Å². The van der Waals surface area contributed by atoms with E-state index in [4.69, 9.17) is 10.5 Å². The van der Waals surface area contributed by atoms with Crippen molar-refractivity contribution in [3.8, 4) is 17.0 Å². The van der Waals surface area contributed by atoms with Crippen molar-refractivity contribution in [3.05, 3.63) is 65.7 Å². The van der Waals surface area contributed by atoms with Crippen LogP contribution < -0.4 is 15.8 Å². The highest BCUT2D eigenvalue weighted by atomic mass is 19.4. The van der Waals surface area contributed by atoms with Crippen LogP contribution in [0.15, 0.2) is 48.8 Å². The van der Waals surface area contributed by atoms with E-state index in [1.165, 1.54) is 6.07 Å². The third-order valence-corrected chi connectivity index (χ3v) is 5.00. The Balaban J connectivity index is 1.74. The summed E-state index contributed by atoms with van der Waals surface area (Å²) in [5.41, 5.74) is 7.62. The minimum absolute atomic E-state index is 0.0427. The number of rotatable bonds is 5. The Labute approximate surface area is 182 Å². The zero-order valence-electron chi connectivity index (χ0n) is 17.6. The van der Waals surface area contributed by atoms with Gasteiger partial charge in [0, 0.05) is 29.2 Å². The van der Waals surface area contributed by atoms with Crippen LogP contribution in [0.2, 0.25) is 0 Å². The average molecular weight is 442 g/mol. The van der Waals surface area contributed by atoms with Gasteiger partial charge in [-0.25, -0.2) is 14.5 Å². The topological polar surface area (TPSA) is 90.4 Å². The molecular weight excluding hydrogens is 421 g/mol. The Bertz CT molecular complexity index is 1280. The predicted octanol–water partition coefficient (Wildman–Crippen LogP) is 4.88. The summed E-state index contributed by atoms with van der Waals surface area (Å²) >= 11 is 0. The molecule has 32 heavy (non-hydrogen) atoms. The van der Waals surface area contributed by atoms with Gasteiger partial charge in [-0.05, 0) is 55.8 Å². The Morgan fingerprint density at radius 1 is 1.19 bits per heavy atom. The van der Waals surface area contributed by atoms with Crippen molar-refractivity contribution >= 4 is 17.0 Å². The largest absolute Gasteiger partial charge is 0.481 e. The maximum atomic E-state index is 13.2. The molecule has 1 unspecified atom stereocenters. The number of nitrogens with zero attached hydrogens (tertiary/aromatic N) is 4. The van der Waals surface area contributed by atoms with Gasteiger partial charge in [0.15, 0.2) is 5.82 Å². The summed E-state index contributed by atoms with van der Waals surface area (Å²) in [6.45, 7) is 3.48. The lowest BCUT2D eigenvalue weighted by molar-refractivity contribution is -0.137. The molecule has 166 valence electrons. The number of nitrogen functional groups attached to an aromatic ring is 1. The molecule has 0 saturated carbocycles. The molecule has 7 nitrogen and oxygen atoms in total. The van der Waals surface area contributed by atoms with Crippen molar-refractivity contribution in [2.24, 2.45) is 0 Å². The van der Waals surface area contributed by atoms with Crippen LogP contribution in [0.1, 0.15) is 29.9 Å². The molecule has 1 atom stereocenters. The molecule has 10 heteroatoms. The van der Waals surface area contributed by atoms with Gasteiger partial charge >= 0.3 is 6.18 Å². The number of hydrogen-bond acceptors (Lipinski definition) is 6. The molecule has 0 spiro atoms. The maximum Gasteiger partial charge on any atom is 0.416 e. The van der Waals surface area contributed by atoms with Gasteiger partial charge in [0.05, 0.1) is 18.7 Å². The van der Waals surface area contributed by atoms with E-state index in [-0.39, 0.29) is 5.69 Å². The smallest absolute Gasteiger partial charge is 0.416 e. The molecule has 3 N–H and O–H groups in total. The van der Waals surface area contributed by atoms with Crippen molar-refractivity contribution in [1.29, 1.82) is 0 Å². The second kappa shape index (κ2) is 8.03. The predicted molar refractivity (Wildman–Crippen MR) is 115 cm³/mol. The summed E-state index contributed by atoms with van der Waals surface area (Å²) in [5, 5.41) is 7.61. The monoisotopic (exact) mass is 442 g/mol. The van der Waals surface area contributed by atoms with E-state index in [2.05, 4.69) is 20.4 Å². The normalized spacial score (nSPS) is 12.7. The molecule has 3 heterocycles. The number of pyridine rings is 1. The SMILES string of the molecule is COc1ncccc1-c1cc2c(NC(C)c3cc(N)cc(C(F)(F)F)c3)nc(C)nn2c1. The minimum atomic E-state index is -4.48. The van der Waals surface area contributed by atoms with E-state index >= 15 is 0 Å². The van der Waals surface area contributed by atoms with Gasteiger partial charge in [-0.3, -0.25) is 0 Å². The zero-order valence-corrected chi connectivity index (χ0v) is 17.6. The number of halogens is 3. The summed E-state index contributed by atoms with van der Waals surface area (Å²) in [6.07, 6.45) is -1.03. The number of methoxy groups -OCH3 is 1. The van der Waals surface area contributed by atoms with Gasteiger partial charge in [0.2, 0.25) is 5.88 Å². The quantitative estimate of drug-likeness (QED) is 0.428. The van der Waals surface area contributed by atoms with Crippen LogP contribution in [0, 0.1) is 6.92 Å². The molecule has 1 aromatic carbocycles. The number of anilines is 2. The highest BCUT2D eigenvalue weighted by molar-refractivity contribution is 5.79. The first-order valence-corrected chi connectivity index (χ1v) is 9.76. The van der Waals surface area contributed by atoms with Crippen LogP contribution in [0.3, 0.4) is 0 Å². The molecule has 0 aliphatic carbocycles. The van der Waals surface area contributed by atoms with Crippen LogP contribution in [0.5, 0.6) is 5.88 Å². The second-order valence-corrected chi connectivity index (χ2v) is 7.38. The Kier molecular flexibility index (Phi) is 5.37. The molecule has 0 saturated heterocycles. The van der Waals surface area contributed by atoms with Crippen LogP contribution in [0.4, 0.5) is 24.7 Å². The summed E-state index contributed by atoms with van der Waals surface area (Å²) in [7, 11) is 1.54. The average Bonchev–Trinajstić information content (AvgIpc) is 3.16. The molecule has 4 aromatic rings. The number of aryl methyl sites for hydroxylation is 1. The van der Waals surface area contributed by atoms with E-state index in [9.17, 15) is 13.2 Å². The lowest BCUT2D eigenvalue weighted by Crippen LogP contribution is -2.13. The number of hydrogen-bond donors (Lipinski definition) is 2. The van der Waals surface area contributed by atoms with Crippen molar-refractivity contribution in [2.45, 2.75) is 26.1 Å². The molecule has 0 aliphatic rings. The van der Waals surface area contributed by atoms with E-state index < -0.39 is 17.8 Å². The fourth-order valence-electron chi connectivity index (χ4n) is 3.51. The lowest BCUT2D eigenvalue weighted by atomic mass is 10.0. The summed E-state index contributed by atoms with van der Waals surface area (Å²) in [6, 6.07) is 8.58. The summed E-state index contributed by atoms with van der Waals surface area (Å²) in [4.78, 5) is 8.69. The van der Waals surface area contributed by atoms with Gasteiger partial charge < -0.3 is 15.8 Å². The third kappa shape index (κ3) is 4.16. The van der Waals surface area contributed by atoms with E-state index in [1.54, 1.807) is 37.7 Å². The minimum Gasteiger partial charge on any atom is -0.481 e. The number of ether oxygens (including phenoxy) is 1. The molecule has 3 aromatic heterocycles. The number of nitrogens with one attached hydrogen (secondary N) is 1. The first-order valence-electron chi connectivity index (χ1n) is 9.76. The number of nitrogens with two attached hydrogens (primary N) is 1. The Morgan fingerprint density at radius 2 is 1.97 bits per heavy atom. The van der Waals surface area contributed by atoms with Crippen LogP contribution in [-0.4, -0.2) is 26.7 Å². The van der Waals surface area contributed by atoms with E-state index in [0.29, 0.717) is 28.6 Å². The number of aromatic nitrogens is 4. The molecule has 4 rings (SSSR count). The summed E-state index contributed by atoms with van der Waals surface area (Å²) in [5.74, 6) is 1.45. The van der Waals surface area contributed by atoms with Gasteiger partial charge in [-0.2, -0.15) is 18.3 Å². The molecule has 0 fully saturated rings.